The first-order valence-electron chi connectivity index (χ1n) is 5.58. The van der Waals surface area contributed by atoms with E-state index in [0.29, 0.717) is 12.5 Å². The Balaban J connectivity index is 2.69. The predicted octanol–water partition coefficient (Wildman–Crippen LogP) is 2.34. The molecule has 1 aromatic rings. The lowest BCUT2D eigenvalue weighted by atomic mass is 9.88. The van der Waals surface area contributed by atoms with E-state index in [1.54, 1.807) is 0 Å². The topological polar surface area (TPSA) is 46.2 Å². The summed E-state index contributed by atoms with van der Waals surface area (Å²) in [4.78, 5) is 0. The van der Waals surface area contributed by atoms with Crippen molar-refractivity contribution in [3.05, 3.63) is 35.9 Å². The molecule has 2 heteroatoms. The molecular weight excluding hydrogens is 186 g/mol. The number of nitrogens with two attached hydrogens (primary N) is 1. The number of rotatable bonds is 5. The second-order valence-corrected chi connectivity index (χ2v) is 4.48. The van der Waals surface area contributed by atoms with Gasteiger partial charge in [0.2, 0.25) is 0 Å². The molecule has 0 saturated carbocycles. The van der Waals surface area contributed by atoms with Crippen LogP contribution in [0.3, 0.4) is 0 Å². The fourth-order valence-corrected chi connectivity index (χ4v) is 1.88. The van der Waals surface area contributed by atoms with Gasteiger partial charge in [0.1, 0.15) is 0 Å². The van der Waals surface area contributed by atoms with Crippen LogP contribution in [-0.2, 0) is 0 Å². The van der Waals surface area contributed by atoms with Gasteiger partial charge in [-0.2, -0.15) is 0 Å². The van der Waals surface area contributed by atoms with E-state index in [9.17, 15) is 5.11 Å². The molecule has 84 valence electrons. The van der Waals surface area contributed by atoms with Crippen LogP contribution in [0.5, 0.6) is 0 Å². The Hall–Kier alpha value is -0.860. The lowest BCUT2D eigenvalue weighted by Crippen LogP contribution is -2.23. The van der Waals surface area contributed by atoms with E-state index in [0.717, 1.165) is 12.0 Å². The third-order valence-corrected chi connectivity index (χ3v) is 2.66. The summed E-state index contributed by atoms with van der Waals surface area (Å²) in [6.07, 6.45) is 0.533. The van der Waals surface area contributed by atoms with Gasteiger partial charge in [-0.1, -0.05) is 44.2 Å². The third-order valence-electron chi connectivity index (χ3n) is 2.66. The SMILES string of the molecule is CC(C)CC(CN)C(O)c1ccccc1. The molecule has 0 fully saturated rings. The van der Waals surface area contributed by atoms with Gasteiger partial charge in [-0.25, -0.2) is 0 Å². The molecule has 1 rings (SSSR count). The van der Waals surface area contributed by atoms with Crippen molar-refractivity contribution in [3.63, 3.8) is 0 Å². The highest BCUT2D eigenvalue weighted by molar-refractivity contribution is 5.18. The fourth-order valence-electron chi connectivity index (χ4n) is 1.88. The van der Waals surface area contributed by atoms with E-state index in [-0.39, 0.29) is 5.92 Å². The van der Waals surface area contributed by atoms with Crippen LogP contribution in [0.15, 0.2) is 30.3 Å². The number of hydrogen-bond donors (Lipinski definition) is 2. The minimum absolute atomic E-state index is 0.160. The van der Waals surface area contributed by atoms with E-state index in [2.05, 4.69) is 13.8 Å². The zero-order valence-corrected chi connectivity index (χ0v) is 9.56. The maximum atomic E-state index is 10.1. The maximum absolute atomic E-state index is 10.1. The molecule has 0 amide bonds. The van der Waals surface area contributed by atoms with Crippen molar-refractivity contribution in [2.24, 2.45) is 17.6 Å². The molecule has 2 nitrogen and oxygen atoms in total. The first kappa shape index (κ1) is 12.2. The van der Waals surface area contributed by atoms with Crippen LogP contribution in [0.4, 0.5) is 0 Å². The Morgan fingerprint density at radius 1 is 1.20 bits per heavy atom. The van der Waals surface area contributed by atoms with Gasteiger partial charge < -0.3 is 10.8 Å². The van der Waals surface area contributed by atoms with Crippen LogP contribution < -0.4 is 5.73 Å². The van der Waals surface area contributed by atoms with E-state index in [1.165, 1.54) is 0 Å². The highest BCUT2D eigenvalue weighted by Crippen LogP contribution is 2.26. The van der Waals surface area contributed by atoms with Gasteiger partial charge in [0.05, 0.1) is 6.10 Å². The fraction of sp³-hybridized carbons (Fsp3) is 0.538. The van der Waals surface area contributed by atoms with Gasteiger partial charge in [-0.15, -0.1) is 0 Å². The molecule has 0 radical (unpaired) electrons. The second kappa shape index (κ2) is 5.89. The lowest BCUT2D eigenvalue weighted by Gasteiger charge is -2.23. The van der Waals surface area contributed by atoms with Crippen LogP contribution in [0.2, 0.25) is 0 Å². The summed E-state index contributed by atoms with van der Waals surface area (Å²) in [5.74, 6) is 0.726. The minimum Gasteiger partial charge on any atom is -0.388 e. The Kier molecular flexibility index (Phi) is 4.79. The molecule has 3 N–H and O–H groups in total. The van der Waals surface area contributed by atoms with Crippen molar-refractivity contribution in [1.82, 2.24) is 0 Å². The van der Waals surface area contributed by atoms with Gasteiger partial charge in [0.15, 0.2) is 0 Å². The summed E-state index contributed by atoms with van der Waals surface area (Å²) >= 11 is 0. The van der Waals surface area contributed by atoms with Crippen LogP contribution in [0.1, 0.15) is 31.9 Å². The highest BCUT2D eigenvalue weighted by atomic mass is 16.3. The first-order chi connectivity index (χ1) is 7.15. The minimum atomic E-state index is -0.432. The lowest BCUT2D eigenvalue weighted by molar-refractivity contribution is 0.0995. The van der Waals surface area contributed by atoms with Gasteiger partial charge >= 0.3 is 0 Å². The molecule has 0 bridgehead atoms. The number of aliphatic hydroxyl groups excluding tert-OH is 1. The van der Waals surface area contributed by atoms with Gasteiger partial charge in [0.25, 0.3) is 0 Å². The van der Waals surface area contributed by atoms with Crippen molar-refractivity contribution in [2.45, 2.75) is 26.4 Å². The molecular formula is C13H21NO. The molecule has 0 aliphatic carbocycles. The van der Waals surface area contributed by atoms with Gasteiger partial charge in [0, 0.05) is 5.92 Å². The highest BCUT2D eigenvalue weighted by Gasteiger charge is 2.20. The summed E-state index contributed by atoms with van der Waals surface area (Å²) < 4.78 is 0. The largest absolute Gasteiger partial charge is 0.388 e. The predicted molar refractivity (Wildman–Crippen MR) is 63.4 cm³/mol. The first-order valence-corrected chi connectivity index (χ1v) is 5.58. The molecule has 15 heavy (non-hydrogen) atoms. The molecule has 0 spiro atoms. The van der Waals surface area contributed by atoms with E-state index >= 15 is 0 Å². The van der Waals surface area contributed by atoms with Crippen molar-refractivity contribution in [1.29, 1.82) is 0 Å². The van der Waals surface area contributed by atoms with Crippen LogP contribution in [0.25, 0.3) is 0 Å². The Labute approximate surface area is 92.1 Å². The Bertz CT molecular complexity index is 271. The zero-order valence-electron chi connectivity index (χ0n) is 9.56. The number of aliphatic hydroxyl groups is 1. The molecule has 0 aliphatic heterocycles. The molecule has 0 saturated heterocycles. The summed E-state index contributed by atoms with van der Waals surface area (Å²) in [6.45, 7) is 4.84. The normalized spacial score (nSPS) is 15.3. The molecule has 1 aromatic carbocycles. The van der Waals surface area contributed by atoms with Crippen LogP contribution in [0, 0.1) is 11.8 Å². The van der Waals surface area contributed by atoms with Crippen molar-refractivity contribution < 1.29 is 5.11 Å². The quantitative estimate of drug-likeness (QED) is 0.778. The monoisotopic (exact) mass is 207 g/mol. The maximum Gasteiger partial charge on any atom is 0.0830 e. The molecule has 2 atom stereocenters. The van der Waals surface area contributed by atoms with Gasteiger partial charge in [-0.3, -0.25) is 0 Å². The van der Waals surface area contributed by atoms with Crippen molar-refractivity contribution in [3.8, 4) is 0 Å². The third kappa shape index (κ3) is 3.65. The number of hydrogen-bond acceptors (Lipinski definition) is 2. The second-order valence-electron chi connectivity index (χ2n) is 4.48. The Morgan fingerprint density at radius 3 is 2.27 bits per heavy atom. The van der Waals surface area contributed by atoms with E-state index in [1.807, 2.05) is 30.3 Å². The summed E-state index contributed by atoms with van der Waals surface area (Å²) in [5, 5.41) is 10.1. The average Bonchev–Trinajstić information content (AvgIpc) is 2.26. The summed E-state index contributed by atoms with van der Waals surface area (Å²) in [7, 11) is 0. The molecule has 0 aromatic heterocycles. The van der Waals surface area contributed by atoms with E-state index in [4.69, 9.17) is 5.73 Å². The Morgan fingerprint density at radius 2 is 1.80 bits per heavy atom. The summed E-state index contributed by atoms with van der Waals surface area (Å²) in [6, 6.07) is 9.75. The standard InChI is InChI=1S/C13H21NO/c1-10(2)8-12(9-14)13(15)11-6-4-3-5-7-11/h3-7,10,12-13,15H,8-9,14H2,1-2H3. The zero-order chi connectivity index (χ0) is 11.3. The smallest absolute Gasteiger partial charge is 0.0830 e. The van der Waals surface area contributed by atoms with Gasteiger partial charge in [-0.05, 0) is 24.4 Å². The molecule has 0 aliphatic rings. The van der Waals surface area contributed by atoms with E-state index < -0.39 is 6.10 Å². The van der Waals surface area contributed by atoms with Crippen LogP contribution >= 0.6 is 0 Å². The average molecular weight is 207 g/mol. The van der Waals surface area contributed by atoms with Crippen LogP contribution in [-0.4, -0.2) is 11.7 Å². The van der Waals surface area contributed by atoms with Crippen molar-refractivity contribution in [2.75, 3.05) is 6.54 Å². The summed E-state index contributed by atoms with van der Waals surface area (Å²) in [5.41, 5.74) is 6.67. The molecule has 0 heterocycles. The molecule has 2 unspecified atom stereocenters. The van der Waals surface area contributed by atoms with Crippen molar-refractivity contribution >= 4 is 0 Å². The number of benzene rings is 1.